The predicted octanol–water partition coefficient (Wildman–Crippen LogP) is 1.25. The van der Waals surface area contributed by atoms with Crippen molar-refractivity contribution in [2.24, 2.45) is 0 Å². The third-order valence-electron chi connectivity index (χ3n) is 4.65. The maximum absolute atomic E-state index is 14.4. The molecule has 0 atom stereocenters. The summed E-state index contributed by atoms with van der Waals surface area (Å²) in [6.45, 7) is 5.25. The third-order valence-corrected chi connectivity index (χ3v) is 4.65. The van der Waals surface area contributed by atoms with E-state index in [1.807, 2.05) is 37.9 Å². The molecule has 1 aliphatic rings. The van der Waals surface area contributed by atoms with E-state index in [1.165, 1.54) is 6.33 Å². The molecule has 0 bridgehead atoms. The van der Waals surface area contributed by atoms with Crippen LogP contribution in [0.25, 0.3) is 5.65 Å². The highest BCUT2D eigenvalue weighted by Gasteiger charge is 2.33. The van der Waals surface area contributed by atoms with Crippen molar-refractivity contribution in [3.8, 4) is 0 Å². The number of fused-ring (bicyclic) bond motifs is 1. The Morgan fingerprint density at radius 1 is 1.24 bits per heavy atom. The van der Waals surface area contributed by atoms with Gasteiger partial charge in [0.25, 0.3) is 0 Å². The maximum atomic E-state index is 14.4. The summed E-state index contributed by atoms with van der Waals surface area (Å²) in [5.74, 6) is 1.64. The number of hydrogen-bond acceptors (Lipinski definition) is 7. The lowest BCUT2D eigenvalue weighted by atomic mass is 10.1. The van der Waals surface area contributed by atoms with Gasteiger partial charge in [0, 0.05) is 20.1 Å². The standard InChI is InChI=1S/C16H19FN8/c1-4-12-15(17)16(19-9-18-12)23(3)11-7-24(8-11)14-6-5-13-21-20-10(2)25(13)22-14/h5-6,9,11H,4,7-8H2,1-3H3. The molecule has 4 rings (SSSR count). The van der Waals surface area contributed by atoms with Gasteiger partial charge in [-0.15, -0.1) is 15.3 Å². The molecule has 0 N–H and O–H groups in total. The molecule has 0 aromatic carbocycles. The third kappa shape index (κ3) is 2.55. The maximum Gasteiger partial charge on any atom is 0.187 e. The zero-order valence-corrected chi connectivity index (χ0v) is 14.4. The monoisotopic (exact) mass is 342 g/mol. The lowest BCUT2D eigenvalue weighted by Gasteiger charge is -2.44. The highest BCUT2D eigenvalue weighted by Crippen LogP contribution is 2.26. The van der Waals surface area contributed by atoms with Crippen LogP contribution in [0.2, 0.25) is 0 Å². The van der Waals surface area contributed by atoms with Crippen LogP contribution in [0, 0.1) is 12.7 Å². The minimum Gasteiger partial charge on any atom is -0.351 e. The average molecular weight is 342 g/mol. The van der Waals surface area contributed by atoms with Crippen molar-refractivity contribution < 1.29 is 4.39 Å². The summed E-state index contributed by atoms with van der Waals surface area (Å²) in [4.78, 5) is 12.1. The lowest BCUT2D eigenvalue weighted by Crippen LogP contribution is -2.59. The van der Waals surface area contributed by atoms with Gasteiger partial charge in [-0.05, 0) is 25.5 Å². The summed E-state index contributed by atoms with van der Waals surface area (Å²) in [5, 5.41) is 12.6. The fraction of sp³-hybridized carbons (Fsp3) is 0.438. The molecule has 4 heterocycles. The van der Waals surface area contributed by atoms with Gasteiger partial charge in [-0.3, -0.25) is 0 Å². The first-order valence-electron chi connectivity index (χ1n) is 8.24. The Balaban J connectivity index is 1.50. The number of anilines is 2. The van der Waals surface area contributed by atoms with E-state index in [1.54, 1.807) is 4.52 Å². The molecule has 0 aliphatic carbocycles. The van der Waals surface area contributed by atoms with Crippen molar-refractivity contribution >= 4 is 17.3 Å². The van der Waals surface area contributed by atoms with Gasteiger partial charge in [0.05, 0.1) is 11.7 Å². The molecular formula is C16H19FN8. The van der Waals surface area contributed by atoms with Gasteiger partial charge in [-0.1, -0.05) is 6.92 Å². The van der Waals surface area contributed by atoms with E-state index in [0.717, 1.165) is 30.4 Å². The number of halogens is 1. The van der Waals surface area contributed by atoms with Crippen molar-refractivity contribution in [2.45, 2.75) is 26.3 Å². The van der Waals surface area contributed by atoms with Crippen LogP contribution in [0.5, 0.6) is 0 Å². The Bertz CT molecular complexity index is 918. The minimum atomic E-state index is -0.328. The Labute approximate surface area is 144 Å². The first-order chi connectivity index (χ1) is 12.1. The number of nitrogens with zero attached hydrogens (tertiary/aromatic N) is 8. The van der Waals surface area contributed by atoms with Crippen molar-refractivity contribution in [1.29, 1.82) is 0 Å². The van der Waals surface area contributed by atoms with E-state index in [9.17, 15) is 4.39 Å². The highest BCUT2D eigenvalue weighted by atomic mass is 19.1. The topological polar surface area (TPSA) is 75.3 Å². The molecule has 1 fully saturated rings. The zero-order valence-electron chi connectivity index (χ0n) is 14.4. The Morgan fingerprint density at radius 2 is 2.04 bits per heavy atom. The predicted molar refractivity (Wildman–Crippen MR) is 91.3 cm³/mol. The first-order valence-corrected chi connectivity index (χ1v) is 8.24. The molecule has 130 valence electrons. The van der Waals surface area contributed by atoms with Crippen LogP contribution in [0.3, 0.4) is 0 Å². The van der Waals surface area contributed by atoms with Gasteiger partial charge in [0.2, 0.25) is 0 Å². The van der Waals surface area contributed by atoms with Crippen molar-refractivity contribution in [1.82, 2.24) is 29.8 Å². The summed E-state index contributed by atoms with van der Waals surface area (Å²) < 4.78 is 16.2. The number of rotatable bonds is 4. The van der Waals surface area contributed by atoms with E-state index in [4.69, 9.17) is 0 Å². The molecule has 1 saturated heterocycles. The van der Waals surface area contributed by atoms with Gasteiger partial charge in [0.15, 0.2) is 23.1 Å². The SMILES string of the molecule is CCc1ncnc(N(C)C2CN(c3ccc4nnc(C)n4n3)C2)c1F. The molecule has 3 aromatic heterocycles. The molecular weight excluding hydrogens is 323 g/mol. The van der Waals surface area contributed by atoms with Crippen LogP contribution < -0.4 is 9.80 Å². The molecule has 0 unspecified atom stereocenters. The summed E-state index contributed by atoms with van der Waals surface area (Å²) in [6, 6.07) is 4.01. The van der Waals surface area contributed by atoms with Gasteiger partial charge in [-0.25, -0.2) is 14.4 Å². The summed E-state index contributed by atoms with van der Waals surface area (Å²) in [6.07, 6.45) is 1.97. The molecule has 8 nitrogen and oxygen atoms in total. The quantitative estimate of drug-likeness (QED) is 0.706. The average Bonchev–Trinajstić information content (AvgIpc) is 2.94. The second kappa shape index (κ2) is 5.91. The first kappa shape index (κ1) is 15.7. The van der Waals surface area contributed by atoms with Crippen molar-refractivity contribution in [3.05, 3.63) is 35.8 Å². The van der Waals surface area contributed by atoms with E-state index in [0.29, 0.717) is 17.9 Å². The lowest BCUT2D eigenvalue weighted by molar-refractivity contribution is 0.476. The zero-order chi connectivity index (χ0) is 17.6. The smallest absolute Gasteiger partial charge is 0.187 e. The van der Waals surface area contributed by atoms with Crippen molar-refractivity contribution in [3.63, 3.8) is 0 Å². The van der Waals surface area contributed by atoms with E-state index in [2.05, 4.69) is 30.2 Å². The largest absolute Gasteiger partial charge is 0.351 e. The second-order valence-corrected chi connectivity index (χ2v) is 6.19. The number of likely N-dealkylation sites (N-methyl/N-ethyl adjacent to an activating group) is 1. The van der Waals surface area contributed by atoms with E-state index in [-0.39, 0.29) is 11.9 Å². The van der Waals surface area contributed by atoms with Crippen LogP contribution in [0.4, 0.5) is 16.0 Å². The normalized spacial score (nSPS) is 14.8. The van der Waals surface area contributed by atoms with Gasteiger partial charge in [-0.2, -0.15) is 4.52 Å². The van der Waals surface area contributed by atoms with Crippen LogP contribution in [-0.2, 0) is 6.42 Å². The molecule has 3 aromatic rings. The summed E-state index contributed by atoms with van der Waals surface area (Å²) in [7, 11) is 1.87. The van der Waals surface area contributed by atoms with Crippen molar-refractivity contribution in [2.75, 3.05) is 29.9 Å². The molecule has 1 aliphatic heterocycles. The molecule has 9 heteroatoms. The Kier molecular flexibility index (Phi) is 3.70. The van der Waals surface area contributed by atoms with Crippen LogP contribution in [0.15, 0.2) is 18.5 Å². The Morgan fingerprint density at radius 3 is 2.80 bits per heavy atom. The van der Waals surface area contributed by atoms with E-state index < -0.39 is 0 Å². The molecule has 0 saturated carbocycles. The van der Waals surface area contributed by atoms with Crippen LogP contribution in [0.1, 0.15) is 18.4 Å². The molecule has 0 spiro atoms. The van der Waals surface area contributed by atoms with Crippen LogP contribution in [-0.4, -0.2) is 56.0 Å². The van der Waals surface area contributed by atoms with Gasteiger partial charge >= 0.3 is 0 Å². The van der Waals surface area contributed by atoms with E-state index >= 15 is 0 Å². The number of aromatic nitrogens is 6. The second-order valence-electron chi connectivity index (χ2n) is 6.19. The Hall–Kier alpha value is -2.84. The molecule has 0 amide bonds. The van der Waals surface area contributed by atoms with Crippen LogP contribution >= 0.6 is 0 Å². The fourth-order valence-electron chi connectivity index (χ4n) is 3.00. The molecule has 25 heavy (non-hydrogen) atoms. The molecule has 0 radical (unpaired) electrons. The summed E-state index contributed by atoms with van der Waals surface area (Å²) in [5.41, 5.74) is 1.17. The highest BCUT2D eigenvalue weighted by molar-refractivity contribution is 5.51. The fourth-order valence-corrected chi connectivity index (χ4v) is 3.00. The minimum absolute atomic E-state index is 0.175. The van der Waals surface area contributed by atoms with Gasteiger partial charge < -0.3 is 9.80 Å². The number of aryl methyl sites for hydroxylation is 2. The van der Waals surface area contributed by atoms with Gasteiger partial charge in [0.1, 0.15) is 12.1 Å². The summed E-state index contributed by atoms with van der Waals surface area (Å²) >= 11 is 0. The number of hydrogen-bond donors (Lipinski definition) is 0.